The molecule has 3 heterocycles. The maximum Gasteiger partial charge on any atom is 0.0616 e. The van der Waals surface area contributed by atoms with Gasteiger partial charge < -0.3 is 9.13 Å². The number of nitrogens with zero attached hydrogens (tertiary/aromatic N) is 3. The van der Waals surface area contributed by atoms with E-state index in [2.05, 4.69) is 129 Å². The van der Waals surface area contributed by atoms with Crippen LogP contribution in [-0.4, -0.2) is 14.1 Å². The molecule has 0 N–H and O–H groups in total. The van der Waals surface area contributed by atoms with E-state index in [1.165, 1.54) is 60.4 Å². The van der Waals surface area contributed by atoms with Crippen LogP contribution in [0.15, 0.2) is 128 Å². The predicted octanol–water partition coefficient (Wildman–Crippen LogP) is 9.14. The highest BCUT2D eigenvalue weighted by Crippen LogP contribution is 2.41. The predicted molar refractivity (Wildman–Crippen MR) is 160 cm³/mol. The van der Waals surface area contributed by atoms with Gasteiger partial charge in [0, 0.05) is 50.9 Å². The Balaban J connectivity index is 1.47. The van der Waals surface area contributed by atoms with E-state index in [-0.39, 0.29) is 0 Å². The summed E-state index contributed by atoms with van der Waals surface area (Å²) < 4.78 is 4.85. The van der Waals surface area contributed by atoms with Gasteiger partial charge in [0.1, 0.15) is 0 Å². The van der Waals surface area contributed by atoms with Crippen molar-refractivity contribution >= 4 is 49.3 Å². The minimum Gasteiger partial charge on any atom is -0.312 e. The van der Waals surface area contributed by atoms with Crippen LogP contribution in [-0.2, 0) is 0 Å². The maximum absolute atomic E-state index is 4.45. The molecule has 0 saturated heterocycles. The van der Waals surface area contributed by atoms with E-state index in [1.807, 2.05) is 12.4 Å². The Morgan fingerprint density at radius 3 is 2.34 bits per heavy atom. The molecule has 3 heteroatoms. The van der Waals surface area contributed by atoms with Gasteiger partial charge in [0.2, 0.25) is 0 Å². The fourth-order valence-electron chi connectivity index (χ4n) is 6.21. The summed E-state index contributed by atoms with van der Waals surface area (Å²) >= 11 is 0. The molecule has 0 atom stereocenters. The minimum absolute atomic E-state index is 1.03. The van der Waals surface area contributed by atoms with Gasteiger partial charge in [-0.3, -0.25) is 4.98 Å². The molecule has 0 bridgehead atoms. The zero-order valence-corrected chi connectivity index (χ0v) is 20.9. The molecule has 0 aliphatic heterocycles. The molecule has 3 nitrogen and oxygen atoms in total. The Kier molecular flexibility index (Phi) is 4.65. The van der Waals surface area contributed by atoms with Crippen LogP contribution in [0.4, 0.5) is 0 Å². The summed E-state index contributed by atoms with van der Waals surface area (Å²) in [7, 11) is 0. The zero-order chi connectivity index (χ0) is 25.1. The van der Waals surface area contributed by atoms with E-state index in [0.29, 0.717) is 0 Å². The normalized spacial score (nSPS) is 13.6. The summed E-state index contributed by atoms with van der Waals surface area (Å²) in [5.74, 6) is 0. The van der Waals surface area contributed by atoms with Crippen LogP contribution in [0.2, 0.25) is 0 Å². The van der Waals surface area contributed by atoms with Gasteiger partial charge in [0.05, 0.1) is 22.1 Å². The molecule has 0 fully saturated rings. The van der Waals surface area contributed by atoms with Gasteiger partial charge in [-0.15, -0.1) is 0 Å². The van der Waals surface area contributed by atoms with Crippen LogP contribution >= 0.6 is 0 Å². The van der Waals surface area contributed by atoms with Crippen LogP contribution in [0.3, 0.4) is 0 Å². The van der Waals surface area contributed by atoms with E-state index in [0.717, 1.165) is 18.5 Å². The molecule has 8 rings (SSSR count). The lowest BCUT2D eigenvalue weighted by Gasteiger charge is -2.16. The topological polar surface area (TPSA) is 22.8 Å². The van der Waals surface area contributed by atoms with Crippen LogP contribution in [0.5, 0.6) is 0 Å². The van der Waals surface area contributed by atoms with E-state index >= 15 is 0 Å². The largest absolute Gasteiger partial charge is 0.312 e. The minimum atomic E-state index is 1.03. The molecule has 4 aromatic carbocycles. The summed E-state index contributed by atoms with van der Waals surface area (Å²) in [5.41, 5.74) is 9.87. The van der Waals surface area contributed by atoms with E-state index < -0.39 is 0 Å². The molecule has 0 amide bonds. The molecule has 180 valence electrons. The number of hydrogen-bond acceptors (Lipinski definition) is 1. The van der Waals surface area contributed by atoms with Crippen molar-refractivity contribution in [1.82, 2.24) is 14.1 Å². The van der Waals surface area contributed by atoms with Gasteiger partial charge in [0.25, 0.3) is 0 Å². The highest BCUT2D eigenvalue weighted by Gasteiger charge is 2.19. The van der Waals surface area contributed by atoms with E-state index in [1.54, 1.807) is 0 Å². The van der Waals surface area contributed by atoms with Crippen molar-refractivity contribution in [1.29, 1.82) is 0 Å². The van der Waals surface area contributed by atoms with Crippen molar-refractivity contribution in [2.75, 3.05) is 0 Å². The molecule has 0 radical (unpaired) electrons. The van der Waals surface area contributed by atoms with E-state index in [9.17, 15) is 0 Å². The summed E-state index contributed by atoms with van der Waals surface area (Å²) in [6, 6.07) is 35.2. The van der Waals surface area contributed by atoms with Gasteiger partial charge in [-0.1, -0.05) is 78.9 Å². The summed E-state index contributed by atoms with van der Waals surface area (Å²) in [6.45, 7) is 0. The molecule has 7 aromatic rings. The Morgan fingerprint density at radius 1 is 0.632 bits per heavy atom. The number of fused-ring (bicyclic) bond motifs is 6. The van der Waals surface area contributed by atoms with Gasteiger partial charge in [-0.05, 0) is 54.8 Å². The quantitative estimate of drug-likeness (QED) is 0.244. The summed E-state index contributed by atoms with van der Waals surface area (Å²) in [4.78, 5) is 4.45. The second-order valence-corrected chi connectivity index (χ2v) is 9.97. The van der Waals surface area contributed by atoms with Crippen LogP contribution < -0.4 is 0 Å². The average Bonchev–Trinajstić information content (AvgIpc) is 3.51. The van der Waals surface area contributed by atoms with Gasteiger partial charge in [0.15, 0.2) is 0 Å². The highest BCUT2D eigenvalue weighted by atomic mass is 15.0. The molecule has 0 unspecified atom stereocenters. The maximum atomic E-state index is 4.45. The molecule has 0 saturated carbocycles. The number of rotatable bonds is 3. The van der Waals surface area contributed by atoms with Gasteiger partial charge >= 0.3 is 0 Å². The number of benzene rings is 4. The Bertz CT molecular complexity index is 2070. The first-order chi connectivity index (χ1) is 18.9. The van der Waals surface area contributed by atoms with Gasteiger partial charge in [-0.25, -0.2) is 0 Å². The fraction of sp³-hybridized carbons (Fsp3) is 0.0571. The van der Waals surface area contributed by atoms with Crippen LogP contribution in [0.25, 0.3) is 66.1 Å². The van der Waals surface area contributed by atoms with Crippen molar-refractivity contribution in [3.8, 4) is 16.8 Å². The third-order valence-electron chi connectivity index (χ3n) is 7.87. The van der Waals surface area contributed by atoms with Crippen molar-refractivity contribution < 1.29 is 0 Å². The van der Waals surface area contributed by atoms with Crippen molar-refractivity contribution in [2.24, 2.45) is 0 Å². The number of hydrogen-bond donors (Lipinski definition) is 0. The molecule has 38 heavy (non-hydrogen) atoms. The standard InChI is InChI=1S/C35H25N3/c1-3-10-25(11-4-1)37-33-20-21-36-23-31(33)29-19-18-24(22-34(29)37)27-15-9-16-30-28-14-7-8-17-32(28)38(35(27)30)26-12-5-2-6-13-26/h1-5,7-12,14-23H,6,13H2. The van der Waals surface area contributed by atoms with Crippen molar-refractivity contribution in [2.45, 2.75) is 12.8 Å². The number of pyridine rings is 1. The first-order valence-corrected chi connectivity index (χ1v) is 13.2. The Labute approximate surface area is 220 Å². The lowest BCUT2D eigenvalue weighted by Crippen LogP contribution is -2.00. The van der Waals surface area contributed by atoms with Gasteiger partial charge in [-0.2, -0.15) is 0 Å². The lowest BCUT2D eigenvalue weighted by atomic mass is 10.00. The van der Waals surface area contributed by atoms with Crippen molar-refractivity contribution in [3.63, 3.8) is 0 Å². The highest BCUT2D eigenvalue weighted by molar-refractivity contribution is 6.15. The fourth-order valence-corrected chi connectivity index (χ4v) is 6.21. The molecular weight excluding hydrogens is 462 g/mol. The Morgan fingerprint density at radius 2 is 1.45 bits per heavy atom. The number of allylic oxidation sites excluding steroid dienone is 4. The molecule has 0 spiro atoms. The smallest absolute Gasteiger partial charge is 0.0616 e. The number of para-hydroxylation sites is 3. The second kappa shape index (κ2) is 8.32. The van der Waals surface area contributed by atoms with E-state index in [4.69, 9.17) is 0 Å². The zero-order valence-electron chi connectivity index (χ0n) is 20.9. The first-order valence-electron chi connectivity index (χ1n) is 13.2. The van der Waals surface area contributed by atoms with Crippen LogP contribution in [0.1, 0.15) is 12.8 Å². The third-order valence-corrected chi connectivity index (χ3v) is 7.87. The molecule has 1 aliphatic rings. The first kappa shape index (κ1) is 21.2. The van der Waals surface area contributed by atoms with Crippen molar-refractivity contribution in [3.05, 3.63) is 128 Å². The SMILES string of the molecule is C1=CCCC(n2c3ccccc3c3cccc(-c4ccc5c6cnccc6n(-c6ccccc6)c5c4)c32)=C1. The molecular formula is C35H25N3. The average molecular weight is 488 g/mol. The van der Waals surface area contributed by atoms with Crippen LogP contribution in [0, 0.1) is 0 Å². The lowest BCUT2D eigenvalue weighted by molar-refractivity contribution is 0.979. The second-order valence-electron chi connectivity index (χ2n) is 9.97. The summed E-state index contributed by atoms with van der Waals surface area (Å²) in [6.07, 6.45) is 12.7. The third kappa shape index (κ3) is 3.05. The molecule has 1 aliphatic carbocycles. The molecule has 3 aromatic heterocycles. The monoisotopic (exact) mass is 487 g/mol. The number of aromatic nitrogens is 3. The Hall–Kier alpha value is -4.89. The summed E-state index contributed by atoms with van der Waals surface area (Å²) in [5, 5.41) is 4.98.